The number of nitrogens with zero attached hydrogens (tertiary/aromatic N) is 1. The summed E-state index contributed by atoms with van der Waals surface area (Å²) in [7, 11) is 0. The summed E-state index contributed by atoms with van der Waals surface area (Å²) >= 11 is 0. The number of H-pyrrole nitrogens is 1. The monoisotopic (exact) mass is 215 g/mol. The molecule has 0 bridgehead atoms. The van der Waals surface area contributed by atoms with Gasteiger partial charge in [0.1, 0.15) is 0 Å². The Hall–Kier alpha value is -1.61. The van der Waals surface area contributed by atoms with Gasteiger partial charge in [-0.3, -0.25) is 0 Å². The smallest absolute Gasteiger partial charge is 0.0929 e. The van der Waals surface area contributed by atoms with Gasteiger partial charge in [0.2, 0.25) is 0 Å². The molecule has 3 nitrogen and oxygen atoms in total. The van der Waals surface area contributed by atoms with Gasteiger partial charge in [0.25, 0.3) is 0 Å². The number of aryl methyl sites for hydroxylation is 1. The van der Waals surface area contributed by atoms with Crippen molar-refractivity contribution < 1.29 is 0 Å². The number of benzene rings is 1. The van der Waals surface area contributed by atoms with Crippen LogP contribution in [0.25, 0.3) is 11.3 Å². The Morgan fingerprint density at radius 1 is 1.31 bits per heavy atom. The van der Waals surface area contributed by atoms with E-state index in [0.717, 1.165) is 17.8 Å². The topological polar surface area (TPSA) is 54.7 Å². The largest absolute Gasteiger partial charge is 0.348 e. The van der Waals surface area contributed by atoms with Crippen LogP contribution < -0.4 is 5.73 Å². The summed E-state index contributed by atoms with van der Waals surface area (Å²) in [6.45, 7) is 4.89. The fourth-order valence-corrected chi connectivity index (χ4v) is 1.90. The van der Waals surface area contributed by atoms with E-state index in [1.54, 1.807) is 6.33 Å². The second kappa shape index (κ2) is 4.49. The number of nitrogens with two attached hydrogens (primary N) is 1. The molecule has 2 rings (SSSR count). The molecule has 0 radical (unpaired) electrons. The van der Waals surface area contributed by atoms with E-state index in [2.05, 4.69) is 42.0 Å². The van der Waals surface area contributed by atoms with E-state index in [4.69, 9.17) is 5.73 Å². The number of aromatic amines is 1. The van der Waals surface area contributed by atoms with Crippen LogP contribution in [0.4, 0.5) is 0 Å². The van der Waals surface area contributed by atoms with E-state index in [1.165, 1.54) is 16.7 Å². The standard InChI is InChI=1S/C13H17N3/c1-9-4-3-5-11(10(9)2)13-12(6-7-14)15-8-16-13/h3-5,8H,6-7,14H2,1-2H3,(H,15,16). The van der Waals surface area contributed by atoms with Gasteiger partial charge in [-0.1, -0.05) is 18.2 Å². The second-order valence-electron chi connectivity index (χ2n) is 4.02. The van der Waals surface area contributed by atoms with E-state index in [-0.39, 0.29) is 0 Å². The molecule has 1 aromatic heterocycles. The lowest BCUT2D eigenvalue weighted by Crippen LogP contribution is -2.04. The van der Waals surface area contributed by atoms with Gasteiger partial charge in [-0.25, -0.2) is 4.98 Å². The van der Waals surface area contributed by atoms with Crippen molar-refractivity contribution in [1.29, 1.82) is 0 Å². The summed E-state index contributed by atoms with van der Waals surface area (Å²) in [5.41, 5.74) is 11.5. The van der Waals surface area contributed by atoms with Crippen LogP contribution in [-0.2, 0) is 6.42 Å². The zero-order chi connectivity index (χ0) is 11.5. The molecule has 16 heavy (non-hydrogen) atoms. The maximum Gasteiger partial charge on any atom is 0.0929 e. The first kappa shape index (κ1) is 10.9. The molecular weight excluding hydrogens is 198 g/mol. The first-order chi connectivity index (χ1) is 7.74. The predicted octanol–water partition coefficient (Wildman–Crippen LogP) is 2.19. The SMILES string of the molecule is Cc1cccc(-c2nc[nH]c2CCN)c1C. The minimum atomic E-state index is 0.639. The molecule has 2 aromatic rings. The molecule has 0 fully saturated rings. The average Bonchev–Trinajstić information content (AvgIpc) is 2.71. The Bertz CT molecular complexity index is 486. The van der Waals surface area contributed by atoms with Gasteiger partial charge < -0.3 is 10.7 Å². The third-order valence-corrected chi connectivity index (χ3v) is 2.97. The van der Waals surface area contributed by atoms with Crippen molar-refractivity contribution in [3.8, 4) is 11.3 Å². The fourth-order valence-electron chi connectivity index (χ4n) is 1.90. The highest BCUT2D eigenvalue weighted by Gasteiger charge is 2.10. The second-order valence-corrected chi connectivity index (χ2v) is 4.02. The fraction of sp³-hybridized carbons (Fsp3) is 0.308. The molecule has 84 valence electrons. The molecule has 0 aliphatic rings. The lowest BCUT2D eigenvalue weighted by molar-refractivity contribution is 0.936. The van der Waals surface area contributed by atoms with E-state index in [1.807, 2.05) is 0 Å². The summed E-state index contributed by atoms with van der Waals surface area (Å²) in [6.07, 6.45) is 2.57. The molecule has 0 spiro atoms. The molecule has 0 atom stereocenters. The third kappa shape index (κ3) is 1.86. The van der Waals surface area contributed by atoms with Crippen LogP contribution in [0.3, 0.4) is 0 Å². The summed E-state index contributed by atoms with van der Waals surface area (Å²) in [4.78, 5) is 7.56. The predicted molar refractivity (Wildman–Crippen MR) is 66.3 cm³/mol. The zero-order valence-corrected chi connectivity index (χ0v) is 9.75. The molecule has 3 N–H and O–H groups in total. The van der Waals surface area contributed by atoms with Gasteiger partial charge in [-0.05, 0) is 31.5 Å². The molecule has 0 aliphatic carbocycles. The van der Waals surface area contributed by atoms with Gasteiger partial charge in [-0.15, -0.1) is 0 Å². The van der Waals surface area contributed by atoms with Gasteiger partial charge >= 0.3 is 0 Å². The zero-order valence-electron chi connectivity index (χ0n) is 9.75. The number of aromatic nitrogens is 2. The highest BCUT2D eigenvalue weighted by atomic mass is 14.9. The van der Waals surface area contributed by atoms with E-state index < -0.39 is 0 Å². The molecule has 0 unspecified atom stereocenters. The number of hydrogen-bond acceptors (Lipinski definition) is 2. The first-order valence-corrected chi connectivity index (χ1v) is 5.53. The molecule has 1 heterocycles. The normalized spacial score (nSPS) is 10.7. The van der Waals surface area contributed by atoms with Crippen LogP contribution in [0, 0.1) is 13.8 Å². The van der Waals surface area contributed by atoms with Crippen LogP contribution in [0.5, 0.6) is 0 Å². The van der Waals surface area contributed by atoms with Crippen molar-refractivity contribution in [3.05, 3.63) is 41.3 Å². The van der Waals surface area contributed by atoms with Gasteiger partial charge in [0.05, 0.1) is 12.0 Å². The Labute approximate surface area is 95.7 Å². The lowest BCUT2D eigenvalue weighted by Gasteiger charge is -2.08. The number of hydrogen-bond donors (Lipinski definition) is 2. The van der Waals surface area contributed by atoms with Crippen LogP contribution in [-0.4, -0.2) is 16.5 Å². The maximum absolute atomic E-state index is 5.59. The van der Waals surface area contributed by atoms with E-state index in [0.29, 0.717) is 6.54 Å². The van der Waals surface area contributed by atoms with Crippen molar-refractivity contribution in [1.82, 2.24) is 9.97 Å². The molecule has 3 heteroatoms. The molecule has 0 aliphatic heterocycles. The van der Waals surface area contributed by atoms with Crippen molar-refractivity contribution in [2.75, 3.05) is 6.54 Å². The Balaban J connectivity index is 2.50. The number of rotatable bonds is 3. The van der Waals surface area contributed by atoms with Crippen molar-refractivity contribution >= 4 is 0 Å². The summed E-state index contributed by atoms with van der Waals surface area (Å²) in [5.74, 6) is 0. The first-order valence-electron chi connectivity index (χ1n) is 5.53. The van der Waals surface area contributed by atoms with Gasteiger partial charge in [0, 0.05) is 17.7 Å². The molecule has 0 saturated carbocycles. The van der Waals surface area contributed by atoms with Crippen LogP contribution in [0.1, 0.15) is 16.8 Å². The quantitative estimate of drug-likeness (QED) is 0.824. The summed E-state index contributed by atoms with van der Waals surface area (Å²) in [6, 6.07) is 6.30. The number of imidazole rings is 1. The highest BCUT2D eigenvalue weighted by molar-refractivity contribution is 5.67. The minimum Gasteiger partial charge on any atom is -0.348 e. The molecular formula is C13H17N3. The molecule has 0 saturated heterocycles. The van der Waals surface area contributed by atoms with Crippen molar-refractivity contribution in [2.24, 2.45) is 5.73 Å². The highest BCUT2D eigenvalue weighted by Crippen LogP contribution is 2.26. The van der Waals surface area contributed by atoms with Crippen molar-refractivity contribution in [2.45, 2.75) is 20.3 Å². The number of nitrogens with one attached hydrogen (secondary N) is 1. The molecule has 1 aromatic carbocycles. The summed E-state index contributed by atoms with van der Waals surface area (Å²) in [5, 5.41) is 0. The average molecular weight is 215 g/mol. The Morgan fingerprint density at radius 2 is 2.12 bits per heavy atom. The third-order valence-electron chi connectivity index (χ3n) is 2.97. The Kier molecular flexibility index (Phi) is 3.06. The van der Waals surface area contributed by atoms with E-state index >= 15 is 0 Å². The summed E-state index contributed by atoms with van der Waals surface area (Å²) < 4.78 is 0. The Morgan fingerprint density at radius 3 is 2.88 bits per heavy atom. The molecule has 0 amide bonds. The van der Waals surface area contributed by atoms with Crippen LogP contribution >= 0.6 is 0 Å². The maximum atomic E-state index is 5.59. The van der Waals surface area contributed by atoms with Gasteiger partial charge in [0.15, 0.2) is 0 Å². The minimum absolute atomic E-state index is 0.639. The van der Waals surface area contributed by atoms with Crippen LogP contribution in [0.15, 0.2) is 24.5 Å². The van der Waals surface area contributed by atoms with Crippen molar-refractivity contribution in [3.63, 3.8) is 0 Å². The van der Waals surface area contributed by atoms with Crippen LogP contribution in [0.2, 0.25) is 0 Å². The van der Waals surface area contributed by atoms with Gasteiger partial charge in [-0.2, -0.15) is 0 Å². The lowest BCUT2D eigenvalue weighted by atomic mass is 9.99. The van der Waals surface area contributed by atoms with E-state index in [9.17, 15) is 0 Å².